The number of unbranched alkanes of at least 4 members (excludes halogenated alkanes) is 3. The third-order valence-corrected chi connectivity index (χ3v) is 5.14. The summed E-state index contributed by atoms with van der Waals surface area (Å²) < 4.78 is 16.5. The molecule has 1 N–H and O–H groups in total. The van der Waals surface area contributed by atoms with E-state index < -0.39 is 11.9 Å². The van der Waals surface area contributed by atoms with Gasteiger partial charge < -0.3 is 19.3 Å². The van der Waals surface area contributed by atoms with Crippen LogP contribution in [0.15, 0.2) is 24.3 Å². The summed E-state index contributed by atoms with van der Waals surface area (Å²) in [4.78, 5) is 11.1. The van der Waals surface area contributed by atoms with Crippen LogP contribution < -0.4 is 0 Å². The van der Waals surface area contributed by atoms with E-state index in [1.807, 2.05) is 19.9 Å². The van der Waals surface area contributed by atoms with E-state index in [2.05, 4.69) is 29.9 Å². The first-order chi connectivity index (χ1) is 13.4. The van der Waals surface area contributed by atoms with Crippen molar-refractivity contribution in [1.82, 2.24) is 0 Å². The number of carbonyl (C=O) groups excluding carboxylic acids is 1. The van der Waals surface area contributed by atoms with Crippen LogP contribution >= 0.6 is 0 Å². The molecule has 1 aliphatic heterocycles. The lowest BCUT2D eigenvalue weighted by molar-refractivity contribution is -0.202. The minimum atomic E-state index is -0.579. The zero-order chi connectivity index (χ0) is 20.8. The van der Waals surface area contributed by atoms with E-state index in [9.17, 15) is 9.90 Å². The second-order valence-electron chi connectivity index (χ2n) is 8.07. The fourth-order valence-corrected chi connectivity index (χ4v) is 3.19. The zero-order valence-electron chi connectivity index (χ0n) is 18.2. The van der Waals surface area contributed by atoms with E-state index in [-0.39, 0.29) is 11.9 Å². The van der Waals surface area contributed by atoms with Crippen LogP contribution in [-0.4, -0.2) is 43.3 Å². The Morgan fingerprint density at radius 3 is 2.68 bits per heavy atom. The smallest absolute Gasteiger partial charge is 0.305 e. The van der Waals surface area contributed by atoms with E-state index >= 15 is 0 Å². The van der Waals surface area contributed by atoms with E-state index in [1.54, 1.807) is 0 Å². The van der Waals surface area contributed by atoms with Gasteiger partial charge in [0, 0.05) is 12.3 Å². The minimum absolute atomic E-state index is 0.160. The van der Waals surface area contributed by atoms with E-state index in [1.165, 1.54) is 7.11 Å². The maximum Gasteiger partial charge on any atom is 0.305 e. The lowest BCUT2D eigenvalue weighted by Crippen LogP contribution is -2.27. The van der Waals surface area contributed by atoms with Gasteiger partial charge in [0.15, 0.2) is 5.79 Å². The number of allylic oxidation sites excluding steroid dienone is 2. The molecule has 0 aromatic heterocycles. The van der Waals surface area contributed by atoms with Crippen molar-refractivity contribution < 1.29 is 24.1 Å². The van der Waals surface area contributed by atoms with Gasteiger partial charge in [-0.15, -0.1) is 0 Å². The molecule has 0 aromatic carbocycles. The highest BCUT2D eigenvalue weighted by Gasteiger charge is 2.30. The first-order valence-electron chi connectivity index (χ1n) is 10.7. The monoisotopic (exact) mass is 396 g/mol. The maximum atomic E-state index is 11.1. The highest BCUT2D eigenvalue weighted by atomic mass is 16.7. The van der Waals surface area contributed by atoms with Gasteiger partial charge in [0.25, 0.3) is 0 Å². The predicted octanol–water partition coefficient (Wildman–Crippen LogP) is 4.79. The summed E-state index contributed by atoms with van der Waals surface area (Å²) in [5, 5.41) is 10.2. The summed E-state index contributed by atoms with van der Waals surface area (Å²) in [6, 6.07) is 0. The van der Waals surface area contributed by atoms with E-state index in [0.717, 1.165) is 44.9 Å². The van der Waals surface area contributed by atoms with Crippen molar-refractivity contribution in [1.29, 1.82) is 0 Å². The largest absolute Gasteiger partial charge is 0.469 e. The fourth-order valence-electron chi connectivity index (χ4n) is 3.19. The van der Waals surface area contributed by atoms with Crippen molar-refractivity contribution >= 4 is 5.97 Å². The molecule has 1 saturated heterocycles. The number of methoxy groups -OCH3 is 1. The molecule has 5 nitrogen and oxygen atoms in total. The number of hydrogen-bond donors (Lipinski definition) is 1. The summed E-state index contributed by atoms with van der Waals surface area (Å²) in [6.45, 7) is 7.27. The van der Waals surface area contributed by atoms with Crippen LogP contribution in [0.2, 0.25) is 0 Å². The number of hydrogen-bond acceptors (Lipinski definition) is 5. The molecule has 3 atom stereocenters. The van der Waals surface area contributed by atoms with Gasteiger partial charge in [-0.1, -0.05) is 50.5 Å². The van der Waals surface area contributed by atoms with Crippen molar-refractivity contribution in [3.05, 3.63) is 24.3 Å². The van der Waals surface area contributed by atoms with Gasteiger partial charge in [-0.2, -0.15) is 0 Å². The van der Waals surface area contributed by atoms with Crippen molar-refractivity contribution in [2.45, 2.75) is 84.0 Å². The number of ether oxygens (including phenoxy) is 3. The normalized spacial score (nSPS) is 23.8. The molecule has 1 fully saturated rings. The first kappa shape index (κ1) is 24.9. The zero-order valence-corrected chi connectivity index (χ0v) is 18.2. The van der Waals surface area contributed by atoms with Gasteiger partial charge in [-0.05, 0) is 45.4 Å². The van der Waals surface area contributed by atoms with Gasteiger partial charge in [0.2, 0.25) is 0 Å². The Morgan fingerprint density at radius 1 is 1.21 bits per heavy atom. The molecule has 0 saturated carbocycles. The van der Waals surface area contributed by atoms with Crippen LogP contribution in [0.5, 0.6) is 0 Å². The molecule has 0 aromatic rings. The molecule has 0 radical (unpaired) electrons. The van der Waals surface area contributed by atoms with Crippen molar-refractivity contribution in [2.24, 2.45) is 11.8 Å². The molecule has 28 heavy (non-hydrogen) atoms. The SMILES string of the molecule is CCCCC[C@H](O)/C=C/[C@H]1COC(C)(C)OC[C@@H]1C/C=C\CCCC(=O)OC. The maximum absolute atomic E-state index is 11.1. The number of carbonyl (C=O) groups is 1. The van der Waals surface area contributed by atoms with Crippen LogP contribution in [0.25, 0.3) is 0 Å². The standard InChI is InChI=1S/C23H40O5/c1-5-6-9-13-21(24)16-15-20-18-28-23(2,3)27-17-19(20)12-10-7-8-11-14-22(25)26-4/h7,10,15-16,19-21,24H,5-6,8-9,11-14,17-18H2,1-4H3/b10-7-,16-15+/t19-,20-,21-/m0/s1. The molecule has 0 amide bonds. The van der Waals surface area contributed by atoms with Crippen LogP contribution in [-0.2, 0) is 19.0 Å². The van der Waals surface area contributed by atoms with Crippen LogP contribution in [0.1, 0.15) is 72.1 Å². The van der Waals surface area contributed by atoms with Gasteiger partial charge in [-0.25, -0.2) is 0 Å². The van der Waals surface area contributed by atoms with Crippen LogP contribution in [0.4, 0.5) is 0 Å². The lowest BCUT2D eigenvalue weighted by Gasteiger charge is -2.22. The number of aliphatic hydroxyl groups is 1. The number of esters is 1. The van der Waals surface area contributed by atoms with Gasteiger partial charge in [0.05, 0.1) is 26.4 Å². The number of rotatable bonds is 12. The second-order valence-corrected chi connectivity index (χ2v) is 8.07. The third-order valence-electron chi connectivity index (χ3n) is 5.14. The number of aliphatic hydroxyl groups excluding tert-OH is 1. The predicted molar refractivity (Wildman–Crippen MR) is 112 cm³/mol. The van der Waals surface area contributed by atoms with E-state index in [0.29, 0.717) is 25.6 Å². The van der Waals surface area contributed by atoms with Crippen molar-refractivity contribution in [3.8, 4) is 0 Å². The molecule has 0 spiro atoms. The lowest BCUT2D eigenvalue weighted by atomic mass is 9.89. The van der Waals surface area contributed by atoms with Gasteiger partial charge in [-0.3, -0.25) is 4.79 Å². The molecular formula is C23H40O5. The molecule has 162 valence electrons. The highest BCUT2D eigenvalue weighted by molar-refractivity contribution is 5.69. The van der Waals surface area contributed by atoms with Crippen LogP contribution in [0, 0.1) is 11.8 Å². The minimum Gasteiger partial charge on any atom is -0.469 e. The summed E-state index contributed by atoms with van der Waals surface area (Å²) in [5.74, 6) is -0.224. The quantitative estimate of drug-likeness (QED) is 0.292. The molecule has 0 unspecified atom stereocenters. The topological polar surface area (TPSA) is 65.0 Å². The van der Waals surface area contributed by atoms with Gasteiger partial charge in [0.1, 0.15) is 0 Å². The van der Waals surface area contributed by atoms with Crippen molar-refractivity contribution in [3.63, 3.8) is 0 Å². The highest BCUT2D eigenvalue weighted by Crippen LogP contribution is 2.28. The Hall–Kier alpha value is -1.17. The molecule has 1 aliphatic rings. The Morgan fingerprint density at radius 2 is 1.96 bits per heavy atom. The summed E-state index contributed by atoms with van der Waals surface area (Å²) in [6.07, 6.45) is 15.1. The van der Waals surface area contributed by atoms with Crippen LogP contribution in [0.3, 0.4) is 0 Å². The molecule has 5 heteroatoms. The Labute approximate surface area is 171 Å². The Balaban J connectivity index is 2.55. The summed E-state index contributed by atoms with van der Waals surface area (Å²) in [7, 11) is 1.42. The molecule has 0 aliphatic carbocycles. The Kier molecular flexibility index (Phi) is 12.4. The fraction of sp³-hybridized carbons (Fsp3) is 0.783. The third kappa shape index (κ3) is 11.0. The first-order valence-corrected chi connectivity index (χ1v) is 10.7. The molecule has 0 bridgehead atoms. The van der Waals surface area contributed by atoms with Crippen molar-refractivity contribution in [2.75, 3.05) is 20.3 Å². The molecule has 1 rings (SSSR count). The average Bonchev–Trinajstić information content (AvgIpc) is 2.81. The molecular weight excluding hydrogens is 356 g/mol. The van der Waals surface area contributed by atoms with E-state index in [4.69, 9.17) is 9.47 Å². The summed E-state index contributed by atoms with van der Waals surface area (Å²) in [5.41, 5.74) is 0. The average molecular weight is 397 g/mol. The second kappa shape index (κ2) is 13.9. The van der Waals surface area contributed by atoms with Gasteiger partial charge >= 0.3 is 5.97 Å². The Bertz CT molecular complexity index is 483. The molecule has 1 heterocycles. The summed E-state index contributed by atoms with van der Waals surface area (Å²) >= 11 is 0.